The fourth-order valence-corrected chi connectivity index (χ4v) is 1.67. The summed E-state index contributed by atoms with van der Waals surface area (Å²) >= 11 is 11.7. The number of amides is 1. The lowest BCUT2D eigenvalue weighted by molar-refractivity contribution is 0.102. The number of rotatable bonds is 2. The number of carbonyl (C=O) groups excluding carboxylic acids is 1. The first-order valence-corrected chi connectivity index (χ1v) is 5.60. The van der Waals surface area contributed by atoms with Crippen molar-refractivity contribution in [2.75, 3.05) is 5.32 Å². The molecule has 0 atom stereocenters. The van der Waals surface area contributed by atoms with Crippen molar-refractivity contribution in [1.82, 2.24) is 4.98 Å². The van der Waals surface area contributed by atoms with Crippen molar-refractivity contribution >= 4 is 34.9 Å². The van der Waals surface area contributed by atoms with Gasteiger partial charge in [0.15, 0.2) is 0 Å². The Labute approximate surface area is 108 Å². The van der Waals surface area contributed by atoms with Gasteiger partial charge in [0, 0.05) is 11.2 Å². The summed E-state index contributed by atoms with van der Waals surface area (Å²) in [4.78, 5) is 15.9. The zero-order valence-corrected chi connectivity index (χ0v) is 10.2. The molecular formula is C12H8Cl2N2O. The van der Waals surface area contributed by atoms with E-state index in [2.05, 4.69) is 10.3 Å². The Balaban J connectivity index is 2.23. The highest BCUT2D eigenvalue weighted by molar-refractivity contribution is 6.36. The van der Waals surface area contributed by atoms with Gasteiger partial charge in [-0.25, -0.2) is 4.98 Å². The SMILES string of the molecule is O=C(Nc1ccccn1)c1cc(Cl)ccc1Cl. The molecule has 1 amide bonds. The number of anilines is 1. The standard InChI is InChI=1S/C12H8Cl2N2O/c13-8-4-5-10(14)9(7-8)12(17)16-11-3-1-2-6-15-11/h1-7H,(H,15,16,17). The van der Waals surface area contributed by atoms with Crippen LogP contribution in [0.2, 0.25) is 10.0 Å². The molecule has 2 rings (SSSR count). The molecule has 1 heterocycles. The summed E-state index contributed by atoms with van der Waals surface area (Å²) in [6.07, 6.45) is 1.59. The van der Waals surface area contributed by atoms with Gasteiger partial charge in [-0.2, -0.15) is 0 Å². The lowest BCUT2D eigenvalue weighted by Crippen LogP contribution is -2.13. The molecule has 0 spiro atoms. The highest BCUT2D eigenvalue weighted by atomic mass is 35.5. The van der Waals surface area contributed by atoms with E-state index in [9.17, 15) is 4.79 Å². The smallest absolute Gasteiger partial charge is 0.258 e. The highest BCUT2D eigenvalue weighted by Gasteiger charge is 2.11. The van der Waals surface area contributed by atoms with E-state index in [1.54, 1.807) is 36.5 Å². The quantitative estimate of drug-likeness (QED) is 0.902. The van der Waals surface area contributed by atoms with Crippen LogP contribution >= 0.6 is 23.2 Å². The van der Waals surface area contributed by atoms with E-state index in [0.717, 1.165) is 0 Å². The van der Waals surface area contributed by atoms with E-state index in [4.69, 9.17) is 23.2 Å². The van der Waals surface area contributed by atoms with Crippen molar-refractivity contribution in [1.29, 1.82) is 0 Å². The van der Waals surface area contributed by atoms with Crippen LogP contribution in [0.3, 0.4) is 0 Å². The van der Waals surface area contributed by atoms with E-state index in [-0.39, 0.29) is 5.91 Å². The number of aromatic nitrogens is 1. The van der Waals surface area contributed by atoms with Crippen LogP contribution in [-0.4, -0.2) is 10.9 Å². The molecule has 1 aromatic heterocycles. The van der Waals surface area contributed by atoms with Crippen molar-refractivity contribution in [2.24, 2.45) is 0 Å². The normalized spacial score (nSPS) is 10.0. The second-order valence-corrected chi connectivity index (χ2v) is 4.14. The largest absolute Gasteiger partial charge is 0.307 e. The first kappa shape index (κ1) is 11.9. The Bertz CT molecular complexity index is 543. The molecule has 3 nitrogen and oxygen atoms in total. The van der Waals surface area contributed by atoms with Crippen LogP contribution in [0.4, 0.5) is 5.82 Å². The molecule has 5 heteroatoms. The fourth-order valence-electron chi connectivity index (χ4n) is 1.29. The van der Waals surface area contributed by atoms with Crippen LogP contribution in [0.5, 0.6) is 0 Å². The molecule has 2 aromatic rings. The fraction of sp³-hybridized carbons (Fsp3) is 0. The summed E-state index contributed by atoms with van der Waals surface area (Å²) in [6, 6.07) is 9.96. The average Bonchev–Trinajstić information content (AvgIpc) is 2.33. The Kier molecular flexibility index (Phi) is 3.61. The first-order valence-electron chi connectivity index (χ1n) is 4.84. The Hall–Kier alpha value is -1.58. The number of hydrogen-bond acceptors (Lipinski definition) is 2. The molecule has 0 unspecified atom stereocenters. The number of pyridine rings is 1. The summed E-state index contributed by atoms with van der Waals surface area (Å²) in [6.45, 7) is 0. The molecule has 0 saturated carbocycles. The van der Waals surface area contributed by atoms with E-state index >= 15 is 0 Å². The zero-order chi connectivity index (χ0) is 12.3. The molecule has 1 N–H and O–H groups in total. The number of carbonyl (C=O) groups is 1. The third kappa shape index (κ3) is 2.96. The second kappa shape index (κ2) is 5.17. The van der Waals surface area contributed by atoms with E-state index in [1.165, 1.54) is 6.07 Å². The zero-order valence-electron chi connectivity index (χ0n) is 8.65. The van der Waals surface area contributed by atoms with Gasteiger partial charge in [0.25, 0.3) is 5.91 Å². The minimum absolute atomic E-state index is 0.324. The molecule has 17 heavy (non-hydrogen) atoms. The van der Waals surface area contributed by atoms with Crippen molar-refractivity contribution in [2.45, 2.75) is 0 Å². The van der Waals surface area contributed by atoms with E-state index < -0.39 is 0 Å². The Morgan fingerprint density at radius 3 is 2.71 bits per heavy atom. The Morgan fingerprint density at radius 2 is 2.00 bits per heavy atom. The van der Waals surface area contributed by atoms with E-state index in [0.29, 0.717) is 21.4 Å². The van der Waals surface area contributed by atoms with E-state index in [1.807, 2.05) is 0 Å². The molecule has 1 aromatic carbocycles. The van der Waals surface area contributed by atoms with Gasteiger partial charge in [0.2, 0.25) is 0 Å². The van der Waals surface area contributed by atoms with Gasteiger partial charge in [-0.05, 0) is 30.3 Å². The number of nitrogens with zero attached hydrogens (tertiary/aromatic N) is 1. The molecule has 0 aliphatic heterocycles. The van der Waals surface area contributed by atoms with Gasteiger partial charge < -0.3 is 5.32 Å². The number of nitrogens with one attached hydrogen (secondary N) is 1. The van der Waals surface area contributed by atoms with Gasteiger partial charge in [0.05, 0.1) is 10.6 Å². The van der Waals surface area contributed by atoms with Crippen molar-refractivity contribution < 1.29 is 4.79 Å². The lowest BCUT2D eigenvalue weighted by atomic mass is 10.2. The molecule has 0 aliphatic carbocycles. The van der Waals surface area contributed by atoms with Gasteiger partial charge in [0.1, 0.15) is 5.82 Å². The summed E-state index contributed by atoms with van der Waals surface area (Å²) in [5, 5.41) is 3.44. The van der Waals surface area contributed by atoms with Crippen LogP contribution in [0.15, 0.2) is 42.6 Å². The van der Waals surface area contributed by atoms with Crippen molar-refractivity contribution in [3.8, 4) is 0 Å². The minimum atomic E-state index is -0.337. The molecule has 0 aliphatic rings. The predicted molar refractivity (Wildman–Crippen MR) is 68.7 cm³/mol. The number of benzene rings is 1. The summed E-state index contributed by atoms with van der Waals surface area (Å²) in [5.74, 6) is 0.129. The second-order valence-electron chi connectivity index (χ2n) is 3.29. The summed E-state index contributed by atoms with van der Waals surface area (Å²) in [7, 11) is 0. The van der Waals surface area contributed by atoms with Gasteiger partial charge in [-0.15, -0.1) is 0 Å². The lowest BCUT2D eigenvalue weighted by Gasteiger charge is -2.06. The molecule has 86 valence electrons. The van der Waals surface area contributed by atoms with Crippen LogP contribution in [0, 0.1) is 0 Å². The first-order chi connectivity index (χ1) is 8.16. The minimum Gasteiger partial charge on any atom is -0.307 e. The maximum atomic E-state index is 11.9. The predicted octanol–water partition coefficient (Wildman–Crippen LogP) is 3.64. The van der Waals surface area contributed by atoms with Crippen molar-refractivity contribution in [3.05, 3.63) is 58.2 Å². The topological polar surface area (TPSA) is 42.0 Å². The third-order valence-electron chi connectivity index (χ3n) is 2.08. The molecule has 0 saturated heterocycles. The maximum absolute atomic E-state index is 11.9. The van der Waals surface area contributed by atoms with Gasteiger partial charge in [-0.3, -0.25) is 4.79 Å². The van der Waals surface area contributed by atoms with Crippen LogP contribution < -0.4 is 5.32 Å². The monoisotopic (exact) mass is 266 g/mol. The summed E-state index contributed by atoms with van der Waals surface area (Å²) < 4.78 is 0. The van der Waals surface area contributed by atoms with Crippen LogP contribution in [0.1, 0.15) is 10.4 Å². The molecule has 0 radical (unpaired) electrons. The van der Waals surface area contributed by atoms with Crippen molar-refractivity contribution in [3.63, 3.8) is 0 Å². The molecular weight excluding hydrogens is 259 g/mol. The Morgan fingerprint density at radius 1 is 1.18 bits per heavy atom. The number of halogens is 2. The van der Waals surface area contributed by atoms with Crippen LogP contribution in [0.25, 0.3) is 0 Å². The molecule has 0 bridgehead atoms. The average molecular weight is 267 g/mol. The highest BCUT2D eigenvalue weighted by Crippen LogP contribution is 2.21. The number of hydrogen-bond donors (Lipinski definition) is 1. The van der Waals surface area contributed by atoms with Gasteiger partial charge in [-0.1, -0.05) is 29.3 Å². The summed E-state index contributed by atoms with van der Waals surface area (Å²) in [5.41, 5.74) is 0.324. The molecule has 0 fully saturated rings. The maximum Gasteiger partial charge on any atom is 0.258 e. The van der Waals surface area contributed by atoms with Gasteiger partial charge >= 0.3 is 0 Å². The van der Waals surface area contributed by atoms with Crippen LogP contribution in [-0.2, 0) is 0 Å². The third-order valence-corrected chi connectivity index (χ3v) is 2.64.